The number of rotatable bonds is 7. The van der Waals surface area contributed by atoms with Gasteiger partial charge in [-0.3, -0.25) is 9.69 Å². The Kier molecular flexibility index (Phi) is 6.68. The summed E-state index contributed by atoms with van der Waals surface area (Å²) in [6.07, 6.45) is 2.40. The average Bonchev–Trinajstić information content (AvgIpc) is 2.56. The summed E-state index contributed by atoms with van der Waals surface area (Å²) in [6.45, 7) is 4.19. The molecule has 1 saturated heterocycles. The molecular weight excluding hydrogens is 280 g/mol. The molecular formula is C17H26N2O3. The van der Waals surface area contributed by atoms with Crippen molar-refractivity contribution >= 4 is 5.91 Å². The van der Waals surface area contributed by atoms with Crippen molar-refractivity contribution in [1.29, 1.82) is 0 Å². The third-order valence-electron chi connectivity index (χ3n) is 4.16. The zero-order valence-electron chi connectivity index (χ0n) is 13.3. The van der Waals surface area contributed by atoms with Gasteiger partial charge in [0.25, 0.3) is 0 Å². The smallest absolute Gasteiger partial charge is 0.222 e. The third-order valence-corrected chi connectivity index (χ3v) is 4.16. The van der Waals surface area contributed by atoms with Gasteiger partial charge in [0.1, 0.15) is 5.75 Å². The van der Waals surface area contributed by atoms with Crippen LogP contribution in [0.1, 0.15) is 18.4 Å². The highest BCUT2D eigenvalue weighted by atomic mass is 16.5. The second-order valence-electron chi connectivity index (χ2n) is 5.65. The van der Waals surface area contributed by atoms with Gasteiger partial charge in [-0.2, -0.15) is 0 Å². The fourth-order valence-electron chi connectivity index (χ4n) is 2.76. The van der Waals surface area contributed by atoms with E-state index in [0.717, 1.165) is 44.8 Å². The first-order valence-electron chi connectivity index (χ1n) is 7.97. The molecule has 0 aliphatic carbocycles. The van der Waals surface area contributed by atoms with Crippen LogP contribution in [0.4, 0.5) is 0 Å². The van der Waals surface area contributed by atoms with Gasteiger partial charge in [-0.1, -0.05) is 12.1 Å². The van der Waals surface area contributed by atoms with E-state index in [2.05, 4.69) is 17.0 Å². The maximum Gasteiger partial charge on any atom is 0.222 e. The SMILES string of the molecule is COc1ccc(CCCC(=O)N2CCN(CCO)CC2)cc1. The number of aryl methyl sites for hydroxylation is 1. The van der Waals surface area contributed by atoms with E-state index >= 15 is 0 Å². The van der Waals surface area contributed by atoms with Crippen LogP contribution >= 0.6 is 0 Å². The average molecular weight is 306 g/mol. The molecule has 0 radical (unpaired) electrons. The summed E-state index contributed by atoms with van der Waals surface area (Å²) in [6, 6.07) is 8.02. The second kappa shape index (κ2) is 8.76. The number of ether oxygens (including phenoxy) is 1. The second-order valence-corrected chi connectivity index (χ2v) is 5.65. The molecule has 1 fully saturated rings. The molecule has 1 amide bonds. The third kappa shape index (κ3) is 5.00. The molecule has 1 aromatic rings. The van der Waals surface area contributed by atoms with Crippen molar-refractivity contribution in [3.05, 3.63) is 29.8 Å². The van der Waals surface area contributed by atoms with E-state index in [0.29, 0.717) is 13.0 Å². The number of carbonyl (C=O) groups excluding carboxylic acids is 1. The lowest BCUT2D eigenvalue weighted by atomic mass is 10.1. The normalized spacial score (nSPS) is 15.8. The topological polar surface area (TPSA) is 53.0 Å². The van der Waals surface area contributed by atoms with Gasteiger partial charge in [0, 0.05) is 39.1 Å². The molecule has 1 aliphatic heterocycles. The summed E-state index contributed by atoms with van der Waals surface area (Å²) in [7, 11) is 1.66. The molecule has 0 atom stereocenters. The Morgan fingerprint density at radius 2 is 1.86 bits per heavy atom. The van der Waals surface area contributed by atoms with E-state index in [1.807, 2.05) is 17.0 Å². The number of nitrogens with zero attached hydrogens (tertiary/aromatic N) is 2. The van der Waals surface area contributed by atoms with Crippen molar-refractivity contribution in [2.75, 3.05) is 46.4 Å². The predicted molar refractivity (Wildman–Crippen MR) is 86.0 cm³/mol. The number of aliphatic hydroxyl groups excluding tert-OH is 1. The van der Waals surface area contributed by atoms with Crippen LogP contribution in [-0.4, -0.2) is 67.3 Å². The van der Waals surface area contributed by atoms with Crippen LogP contribution in [0.3, 0.4) is 0 Å². The number of amides is 1. The number of β-amino-alcohol motifs (C(OH)–C–C–N with tert-alkyl or cyclic N) is 1. The van der Waals surface area contributed by atoms with Crippen LogP contribution < -0.4 is 4.74 Å². The van der Waals surface area contributed by atoms with E-state index < -0.39 is 0 Å². The lowest BCUT2D eigenvalue weighted by molar-refractivity contribution is -0.133. The Morgan fingerprint density at radius 1 is 1.18 bits per heavy atom. The first kappa shape index (κ1) is 16.8. The van der Waals surface area contributed by atoms with E-state index in [9.17, 15) is 4.79 Å². The van der Waals surface area contributed by atoms with Crippen molar-refractivity contribution in [2.24, 2.45) is 0 Å². The van der Waals surface area contributed by atoms with Crippen LogP contribution in [0.15, 0.2) is 24.3 Å². The van der Waals surface area contributed by atoms with Crippen LogP contribution in [0.2, 0.25) is 0 Å². The minimum absolute atomic E-state index is 0.190. The van der Waals surface area contributed by atoms with Gasteiger partial charge < -0.3 is 14.7 Å². The molecule has 0 unspecified atom stereocenters. The van der Waals surface area contributed by atoms with Gasteiger partial charge in [-0.25, -0.2) is 0 Å². The maximum atomic E-state index is 12.2. The van der Waals surface area contributed by atoms with Gasteiger partial charge >= 0.3 is 0 Å². The summed E-state index contributed by atoms with van der Waals surface area (Å²) >= 11 is 0. The molecule has 22 heavy (non-hydrogen) atoms. The lowest BCUT2D eigenvalue weighted by Gasteiger charge is -2.34. The first-order chi connectivity index (χ1) is 10.7. The Hall–Kier alpha value is -1.59. The number of aliphatic hydroxyl groups is 1. The largest absolute Gasteiger partial charge is 0.497 e. The summed E-state index contributed by atoms with van der Waals surface area (Å²) in [5.74, 6) is 1.11. The highest BCUT2D eigenvalue weighted by molar-refractivity contribution is 5.76. The summed E-state index contributed by atoms with van der Waals surface area (Å²) in [4.78, 5) is 16.3. The number of hydrogen-bond acceptors (Lipinski definition) is 4. The van der Waals surface area contributed by atoms with Crippen LogP contribution in [0.25, 0.3) is 0 Å². The van der Waals surface area contributed by atoms with Crippen LogP contribution in [0.5, 0.6) is 5.75 Å². The van der Waals surface area contributed by atoms with Gasteiger partial charge in [0.2, 0.25) is 5.91 Å². The Balaban J connectivity index is 1.67. The highest BCUT2D eigenvalue weighted by Gasteiger charge is 2.20. The quantitative estimate of drug-likeness (QED) is 0.821. The fourth-order valence-corrected chi connectivity index (χ4v) is 2.76. The van der Waals surface area contributed by atoms with E-state index in [4.69, 9.17) is 9.84 Å². The molecule has 0 bridgehead atoms. The van der Waals surface area contributed by atoms with Gasteiger partial charge in [0.05, 0.1) is 13.7 Å². The maximum absolute atomic E-state index is 12.2. The van der Waals surface area contributed by atoms with Crippen molar-refractivity contribution < 1.29 is 14.6 Å². The van der Waals surface area contributed by atoms with Crippen molar-refractivity contribution in [2.45, 2.75) is 19.3 Å². The summed E-state index contributed by atoms with van der Waals surface area (Å²) in [5, 5.41) is 8.92. The highest BCUT2D eigenvalue weighted by Crippen LogP contribution is 2.14. The molecule has 1 heterocycles. The minimum Gasteiger partial charge on any atom is -0.497 e. The fraction of sp³-hybridized carbons (Fsp3) is 0.588. The monoisotopic (exact) mass is 306 g/mol. The zero-order valence-corrected chi connectivity index (χ0v) is 13.3. The van der Waals surface area contributed by atoms with E-state index in [1.165, 1.54) is 5.56 Å². The summed E-state index contributed by atoms with van der Waals surface area (Å²) in [5.41, 5.74) is 1.24. The summed E-state index contributed by atoms with van der Waals surface area (Å²) < 4.78 is 5.14. The Bertz CT molecular complexity index is 453. The van der Waals surface area contributed by atoms with E-state index in [-0.39, 0.29) is 12.5 Å². The van der Waals surface area contributed by atoms with Gasteiger partial charge in [-0.05, 0) is 30.5 Å². The van der Waals surface area contributed by atoms with E-state index in [1.54, 1.807) is 7.11 Å². The molecule has 1 aliphatic rings. The predicted octanol–water partition coefficient (Wildman–Crippen LogP) is 1.15. The molecule has 5 heteroatoms. The van der Waals surface area contributed by atoms with Gasteiger partial charge in [0.15, 0.2) is 0 Å². The molecule has 5 nitrogen and oxygen atoms in total. The van der Waals surface area contributed by atoms with Gasteiger partial charge in [-0.15, -0.1) is 0 Å². The minimum atomic E-state index is 0.190. The molecule has 0 aromatic heterocycles. The Morgan fingerprint density at radius 3 is 2.45 bits per heavy atom. The molecule has 0 spiro atoms. The first-order valence-corrected chi connectivity index (χ1v) is 7.97. The standard InChI is InChI=1S/C17H26N2O3/c1-22-16-7-5-15(6-8-16)3-2-4-17(21)19-11-9-18(10-12-19)13-14-20/h5-8,20H,2-4,9-14H2,1H3. The van der Waals surface area contributed by atoms with Crippen LogP contribution in [-0.2, 0) is 11.2 Å². The van der Waals surface area contributed by atoms with Crippen molar-refractivity contribution in [3.8, 4) is 5.75 Å². The van der Waals surface area contributed by atoms with Crippen LogP contribution in [0, 0.1) is 0 Å². The number of piperazine rings is 1. The van der Waals surface area contributed by atoms with Crippen molar-refractivity contribution in [3.63, 3.8) is 0 Å². The molecule has 2 rings (SSSR count). The zero-order chi connectivity index (χ0) is 15.8. The lowest BCUT2D eigenvalue weighted by Crippen LogP contribution is -2.49. The number of carbonyl (C=O) groups is 1. The number of methoxy groups -OCH3 is 1. The Labute approximate surface area is 132 Å². The number of hydrogen-bond donors (Lipinski definition) is 1. The van der Waals surface area contributed by atoms with Crippen molar-refractivity contribution in [1.82, 2.24) is 9.80 Å². The number of benzene rings is 1. The molecule has 0 saturated carbocycles. The molecule has 1 N–H and O–H groups in total. The molecule has 122 valence electrons. The molecule has 1 aromatic carbocycles.